The van der Waals surface area contributed by atoms with Crippen LogP contribution in [0.5, 0.6) is 0 Å². The number of anilines is 1. The molecule has 82 valence electrons. The molecule has 0 spiro atoms. The number of hydrogen-bond donors (Lipinski definition) is 1. The summed E-state index contributed by atoms with van der Waals surface area (Å²) in [6.07, 6.45) is 8.66. The van der Waals surface area contributed by atoms with E-state index >= 15 is 0 Å². The smallest absolute Gasteiger partial charge is 0.182 e. The second kappa shape index (κ2) is 4.90. The van der Waals surface area contributed by atoms with Crippen molar-refractivity contribution in [3.63, 3.8) is 0 Å². The fourth-order valence-corrected chi connectivity index (χ4v) is 1.61. The van der Waals surface area contributed by atoms with Crippen LogP contribution in [0.15, 0.2) is 43.4 Å². The molecular formula is C13H10N4. The summed E-state index contributed by atoms with van der Waals surface area (Å²) in [6.45, 7) is 3.75. The Labute approximate surface area is 99.3 Å². The van der Waals surface area contributed by atoms with E-state index in [0.29, 0.717) is 5.82 Å². The Balaban J connectivity index is 2.59. The summed E-state index contributed by atoms with van der Waals surface area (Å²) in [5, 5.41) is 11.2. The van der Waals surface area contributed by atoms with E-state index in [2.05, 4.69) is 21.9 Å². The number of hydrogen-bond acceptors (Lipinski definition) is 4. The molecule has 0 radical (unpaired) electrons. The third kappa shape index (κ3) is 2.13. The fraction of sp³-hybridized carbons (Fsp3) is 0. The summed E-state index contributed by atoms with van der Waals surface area (Å²) < 4.78 is 0. The minimum absolute atomic E-state index is 0.504. The lowest BCUT2D eigenvalue weighted by atomic mass is 10.0. The predicted octanol–water partition coefficient (Wildman–Crippen LogP) is 2.68. The van der Waals surface area contributed by atoms with Gasteiger partial charge in [-0.2, -0.15) is 5.26 Å². The van der Waals surface area contributed by atoms with Gasteiger partial charge in [0.25, 0.3) is 0 Å². The van der Waals surface area contributed by atoms with Gasteiger partial charge in [0.2, 0.25) is 0 Å². The maximum absolute atomic E-state index is 8.65. The first kappa shape index (κ1) is 10.8. The lowest BCUT2D eigenvalue weighted by molar-refractivity contribution is 1.28. The monoisotopic (exact) mass is 222 g/mol. The number of nitrogens with one attached hydrogen (secondary N) is 1. The first-order valence-electron chi connectivity index (χ1n) is 5.03. The van der Waals surface area contributed by atoms with Crippen molar-refractivity contribution in [2.75, 3.05) is 5.32 Å². The average molecular weight is 222 g/mol. The highest BCUT2D eigenvalue weighted by atomic mass is 15.0. The third-order valence-corrected chi connectivity index (χ3v) is 2.34. The van der Waals surface area contributed by atoms with Gasteiger partial charge in [0.15, 0.2) is 6.19 Å². The summed E-state index contributed by atoms with van der Waals surface area (Å²) in [5.41, 5.74) is 2.70. The van der Waals surface area contributed by atoms with Crippen LogP contribution in [-0.4, -0.2) is 9.97 Å². The maximum Gasteiger partial charge on any atom is 0.182 e. The van der Waals surface area contributed by atoms with Crippen molar-refractivity contribution in [3.05, 3.63) is 48.9 Å². The van der Waals surface area contributed by atoms with Crippen molar-refractivity contribution in [2.24, 2.45) is 0 Å². The second-order valence-corrected chi connectivity index (χ2v) is 3.30. The minimum Gasteiger partial charge on any atom is -0.276 e. The van der Waals surface area contributed by atoms with E-state index in [1.165, 1.54) is 0 Å². The number of rotatable bonds is 3. The average Bonchev–Trinajstić information content (AvgIpc) is 2.40. The fourth-order valence-electron chi connectivity index (χ4n) is 1.61. The first-order chi connectivity index (χ1) is 8.36. The molecule has 2 rings (SSSR count). The Bertz CT molecular complexity index is 570. The van der Waals surface area contributed by atoms with Crippen molar-refractivity contribution >= 4 is 11.9 Å². The summed E-state index contributed by atoms with van der Waals surface area (Å²) in [7, 11) is 0. The van der Waals surface area contributed by atoms with Crippen molar-refractivity contribution in [2.45, 2.75) is 0 Å². The molecule has 0 fully saturated rings. The van der Waals surface area contributed by atoms with Crippen molar-refractivity contribution in [1.29, 1.82) is 5.26 Å². The van der Waals surface area contributed by atoms with Gasteiger partial charge in [-0.25, -0.2) is 4.98 Å². The van der Waals surface area contributed by atoms with E-state index in [9.17, 15) is 0 Å². The van der Waals surface area contributed by atoms with Crippen LogP contribution in [0, 0.1) is 11.5 Å². The largest absolute Gasteiger partial charge is 0.276 e. The zero-order valence-electron chi connectivity index (χ0n) is 9.09. The molecule has 0 amide bonds. The highest BCUT2D eigenvalue weighted by Crippen LogP contribution is 2.27. The van der Waals surface area contributed by atoms with Gasteiger partial charge in [0.1, 0.15) is 5.82 Å². The van der Waals surface area contributed by atoms with Crippen molar-refractivity contribution in [1.82, 2.24) is 9.97 Å². The second-order valence-electron chi connectivity index (χ2n) is 3.30. The topological polar surface area (TPSA) is 61.6 Å². The van der Waals surface area contributed by atoms with E-state index in [1.54, 1.807) is 24.7 Å². The van der Waals surface area contributed by atoms with Gasteiger partial charge in [-0.05, 0) is 17.7 Å². The molecule has 0 saturated carbocycles. The van der Waals surface area contributed by atoms with Crippen LogP contribution >= 0.6 is 0 Å². The molecule has 0 aromatic carbocycles. The molecule has 2 aromatic heterocycles. The molecule has 2 heterocycles. The first-order valence-corrected chi connectivity index (χ1v) is 5.03. The number of nitriles is 1. The Kier molecular flexibility index (Phi) is 3.13. The van der Waals surface area contributed by atoms with Crippen molar-refractivity contribution < 1.29 is 0 Å². The number of aromatic nitrogens is 2. The summed E-state index contributed by atoms with van der Waals surface area (Å²) in [4.78, 5) is 8.17. The van der Waals surface area contributed by atoms with Gasteiger partial charge in [-0.1, -0.05) is 18.7 Å². The van der Waals surface area contributed by atoms with Gasteiger partial charge in [-0.15, -0.1) is 0 Å². The predicted molar refractivity (Wildman–Crippen MR) is 66.8 cm³/mol. The lowest BCUT2D eigenvalue weighted by Gasteiger charge is -2.08. The molecule has 4 heteroatoms. The zero-order chi connectivity index (χ0) is 12.1. The van der Waals surface area contributed by atoms with E-state index < -0.39 is 0 Å². The van der Waals surface area contributed by atoms with Crippen LogP contribution in [0.4, 0.5) is 5.82 Å². The van der Waals surface area contributed by atoms with E-state index in [-0.39, 0.29) is 0 Å². The molecule has 0 aliphatic heterocycles. The molecule has 2 aromatic rings. The number of nitrogens with zero attached hydrogens (tertiary/aromatic N) is 3. The van der Waals surface area contributed by atoms with Gasteiger partial charge < -0.3 is 0 Å². The van der Waals surface area contributed by atoms with E-state index in [0.717, 1.165) is 16.7 Å². The lowest BCUT2D eigenvalue weighted by Crippen LogP contribution is -1.96. The van der Waals surface area contributed by atoms with Crippen LogP contribution in [0.2, 0.25) is 0 Å². The third-order valence-electron chi connectivity index (χ3n) is 2.34. The Morgan fingerprint density at radius 3 is 2.88 bits per heavy atom. The Morgan fingerprint density at radius 2 is 2.24 bits per heavy atom. The normalized spacial score (nSPS) is 9.35. The zero-order valence-corrected chi connectivity index (χ0v) is 9.09. The molecule has 0 aliphatic rings. The van der Waals surface area contributed by atoms with E-state index in [4.69, 9.17) is 5.26 Å². The van der Waals surface area contributed by atoms with Gasteiger partial charge in [0, 0.05) is 29.7 Å². The Hall–Kier alpha value is -2.67. The van der Waals surface area contributed by atoms with Crippen molar-refractivity contribution in [3.8, 4) is 17.3 Å². The summed E-state index contributed by atoms with van der Waals surface area (Å²) >= 11 is 0. The molecule has 0 bridgehead atoms. The van der Waals surface area contributed by atoms with Crippen LogP contribution in [0.3, 0.4) is 0 Å². The number of pyridine rings is 2. The molecular weight excluding hydrogens is 212 g/mol. The maximum atomic E-state index is 8.65. The van der Waals surface area contributed by atoms with Crippen LogP contribution in [-0.2, 0) is 0 Å². The molecule has 0 aliphatic carbocycles. The summed E-state index contributed by atoms with van der Waals surface area (Å²) in [6, 6.07) is 5.68. The molecule has 0 atom stereocenters. The highest BCUT2D eigenvalue weighted by molar-refractivity contribution is 5.80. The standard InChI is InChI=1S/C13H10N4/c1-2-11-12(10-4-3-6-15-8-10)5-7-16-13(11)17-9-14/h2-8H,1H2,(H,16,17). The Morgan fingerprint density at radius 1 is 1.35 bits per heavy atom. The molecule has 4 nitrogen and oxygen atoms in total. The van der Waals surface area contributed by atoms with Gasteiger partial charge >= 0.3 is 0 Å². The van der Waals surface area contributed by atoms with Crippen LogP contribution in [0.1, 0.15) is 5.56 Å². The molecule has 1 N–H and O–H groups in total. The van der Waals surface area contributed by atoms with Crippen LogP contribution < -0.4 is 5.32 Å². The SMILES string of the molecule is C=Cc1c(-c2cccnc2)ccnc1NC#N. The van der Waals surface area contributed by atoms with Crippen LogP contribution in [0.25, 0.3) is 17.2 Å². The molecule has 0 saturated heterocycles. The quantitative estimate of drug-likeness (QED) is 0.640. The molecule has 17 heavy (non-hydrogen) atoms. The van der Waals surface area contributed by atoms with Gasteiger partial charge in [0.05, 0.1) is 0 Å². The minimum atomic E-state index is 0.504. The highest BCUT2D eigenvalue weighted by Gasteiger charge is 2.08. The molecule has 0 unspecified atom stereocenters. The summed E-state index contributed by atoms with van der Waals surface area (Å²) in [5.74, 6) is 0.504. The van der Waals surface area contributed by atoms with Gasteiger partial charge in [-0.3, -0.25) is 10.3 Å². The van der Waals surface area contributed by atoms with E-state index in [1.807, 2.05) is 24.4 Å².